The number of imidazole rings is 1. The Hall–Kier alpha value is -2.91. The molecule has 0 saturated carbocycles. The van der Waals surface area contributed by atoms with Crippen LogP contribution < -0.4 is 10.7 Å². The maximum absolute atomic E-state index is 15.5. The van der Waals surface area contributed by atoms with E-state index in [4.69, 9.17) is 4.98 Å². The third-order valence-electron chi connectivity index (χ3n) is 6.36. The number of anilines is 1. The van der Waals surface area contributed by atoms with Crippen molar-refractivity contribution in [2.45, 2.75) is 51.7 Å². The normalized spacial score (nSPS) is 19.0. The minimum atomic E-state index is -1.09. The number of rotatable bonds is 8. The summed E-state index contributed by atoms with van der Waals surface area (Å²) in [6, 6.07) is 4.97. The second-order valence-corrected chi connectivity index (χ2v) is 9.20. The Morgan fingerprint density at radius 2 is 2.09 bits per heavy atom. The molecule has 2 unspecified atom stereocenters. The topological polar surface area (TPSA) is 70.9 Å². The summed E-state index contributed by atoms with van der Waals surface area (Å²) < 4.78 is 31.3. The molecule has 2 aromatic heterocycles. The minimum absolute atomic E-state index is 0.232. The van der Waals surface area contributed by atoms with Crippen molar-refractivity contribution >= 4 is 5.82 Å². The summed E-state index contributed by atoms with van der Waals surface area (Å²) in [4.78, 5) is 13.3. The lowest BCUT2D eigenvalue weighted by Gasteiger charge is -2.35. The summed E-state index contributed by atoms with van der Waals surface area (Å²) in [6.07, 6.45) is 4.78. The summed E-state index contributed by atoms with van der Waals surface area (Å²) in [5.74, 6) is 1.16. The summed E-state index contributed by atoms with van der Waals surface area (Å²) in [5, 5.41) is 5.04. The molecule has 4 rings (SSSR count). The molecule has 34 heavy (non-hydrogen) atoms. The number of likely N-dealkylation sites (N-methyl/N-ethyl adjacent to an activating group) is 1. The molecule has 3 aromatic rings. The first-order chi connectivity index (χ1) is 16.4. The molecule has 0 spiro atoms. The molecule has 0 radical (unpaired) electrons. The maximum Gasteiger partial charge on any atom is 0.147 e. The van der Waals surface area contributed by atoms with E-state index in [1.807, 2.05) is 22.8 Å². The summed E-state index contributed by atoms with van der Waals surface area (Å²) in [7, 11) is 1.89. The molecule has 1 aliphatic rings. The number of aryl methyl sites for hydroxylation is 1. The minimum Gasteiger partial charge on any atom is -0.333 e. The van der Waals surface area contributed by atoms with Gasteiger partial charge >= 0.3 is 0 Å². The van der Waals surface area contributed by atoms with Crippen molar-refractivity contribution in [1.29, 1.82) is 0 Å². The number of halogens is 2. The van der Waals surface area contributed by atoms with Crippen LogP contribution in [-0.4, -0.2) is 57.4 Å². The molecule has 7 nitrogen and oxygen atoms in total. The standard InChI is InChI=1S/C25H33F2N7/c1-16(2)20-12-29-15-30-24(20)32-34-9-7-19(22(27)13-34)25-31-23(14-33(25)10-8-28-4)18-5-6-21(26)17(3)11-18/h5-6,11-12,14-16,19,22,28H,7-10,13H2,1-4H3,(H,29,30,32). The molecule has 1 fully saturated rings. The van der Waals surface area contributed by atoms with Crippen molar-refractivity contribution in [3.8, 4) is 11.3 Å². The Balaban J connectivity index is 1.54. The highest BCUT2D eigenvalue weighted by Gasteiger charge is 2.34. The van der Waals surface area contributed by atoms with Crippen molar-refractivity contribution in [2.75, 3.05) is 32.1 Å². The van der Waals surface area contributed by atoms with Crippen molar-refractivity contribution in [1.82, 2.24) is 29.8 Å². The van der Waals surface area contributed by atoms with Crippen LogP contribution in [0, 0.1) is 12.7 Å². The summed E-state index contributed by atoms with van der Waals surface area (Å²) in [6.45, 7) is 8.22. The fourth-order valence-electron chi connectivity index (χ4n) is 4.38. The van der Waals surface area contributed by atoms with Gasteiger partial charge in [-0.2, -0.15) is 0 Å². The van der Waals surface area contributed by atoms with Gasteiger partial charge in [-0.3, -0.25) is 0 Å². The number of nitrogens with one attached hydrogen (secondary N) is 2. The average molecular weight is 470 g/mol. The van der Waals surface area contributed by atoms with E-state index >= 15 is 4.39 Å². The van der Waals surface area contributed by atoms with Gasteiger partial charge in [-0.1, -0.05) is 13.8 Å². The lowest BCUT2D eigenvalue weighted by atomic mass is 9.94. The zero-order chi connectivity index (χ0) is 24.2. The zero-order valence-electron chi connectivity index (χ0n) is 20.2. The molecule has 1 aliphatic heterocycles. The second kappa shape index (κ2) is 10.6. The van der Waals surface area contributed by atoms with E-state index < -0.39 is 6.17 Å². The van der Waals surface area contributed by atoms with Gasteiger partial charge in [0.2, 0.25) is 0 Å². The third kappa shape index (κ3) is 5.26. The smallest absolute Gasteiger partial charge is 0.147 e. The van der Waals surface area contributed by atoms with Crippen LogP contribution in [-0.2, 0) is 6.54 Å². The molecule has 9 heteroatoms. The van der Waals surface area contributed by atoms with Gasteiger partial charge in [-0.25, -0.2) is 28.7 Å². The lowest BCUT2D eigenvalue weighted by Crippen LogP contribution is -2.44. The quantitative estimate of drug-likeness (QED) is 0.513. The van der Waals surface area contributed by atoms with Crippen molar-refractivity contribution in [2.24, 2.45) is 0 Å². The molecule has 1 saturated heterocycles. The molecular weight excluding hydrogens is 436 g/mol. The van der Waals surface area contributed by atoms with E-state index in [1.165, 1.54) is 12.4 Å². The van der Waals surface area contributed by atoms with Gasteiger partial charge in [0, 0.05) is 43.2 Å². The summed E-state index contributed by atoms with van der Waals surface area (Å²) in [5.41, 5.74) is 6.44. The van der Waals surface area contributed by atoms with Crippen LogP contribution in [0.15, 0.2) is 36.9 Å². The number of hydrogen-bond donors (Lipinski definition) is 2. The Morgan fingerprint density at radius 3 is 2.79 bits per heavy atom. The van der Waals surface area contributed by atoms with Crippen molar-refractivity contribution in [3.63, 3.8) is 0 Å². The van der Waals surface area contributed by atoms with Crippen LogP contribution in [0.4, 0.5) is 14.6 Å². The number of hydrogen-bond acceptors (Lipinski definition) is 6. The molecule has 0 amide bonds. The predicted octanol–water partition coefficient (Wildman–Crippen LogP) is 4.28. The van der Waals surface area contributed by atoms with Gasteiger partial charge in [-0.15, -0.1) is 0 Å². The number of benzene rings is 1. The highest BCUT2D eigenvalue weighted by Crippen LogP contribution is 2.33. The molecule has 0 bridgehead atoms. The van der Waals surface area contributed by atoms with Gasteiger partial charge < -0.3 is 15.3 Å². The highest BCUT2D eigenvalue weighted by molar-refractivity contribution is 5.60. The van der Waals surface area contributed by atoms with E-state index in [0.717, 1.165) is 35.0 Å². The molecule has 3 heterocycles. The first-order valence-electron chi connectivity index (χ1n) is 11.8. The van der Waals surface area contributed by atoms with Crippen LogP contribution in [0.1, 0.15) is 49.1 Å². The Kier molecular flexibility index (Phi) is 7.53. The third-order valence-corrected chi connectivity index (χ3v) is 6.36. The van der Waals surface area contributed by atoms with E-state index in [1.54, 1.807) is 25.3 Å². The number of aromatic nitrogens is 4. The monoisotopic (exact) mass is 469 g/mol. The highest BCUT2D eigenvalue weighted by atomic mass is 19.1. The van der Waals surface area contributed by atoms with E-state index in [-0.39, 0.29) is 24.2 Å². The number of hydrazine groups is 1. The molecule has 2 N–H and O–H groups in total. The largest absolute Gasteiger partial charge is 0.333 e. The average Bonchev–Trinajstić information content (AvgIpc) is 3.23. The van der Waals surface area contributed by atoms with E-state index in [0.29, 0.717) is 25.1 Å². The van der Waals surface area contributed by atoms with Crippen LogP contribution in [0.2, 0.25) is 0 Å². The van der Waals surface area contributed by atoms with Crippen LogP contribution in [0.25, 0.3) is 11.3 Å². The van der Waals surface area contributed by atoms with Crippen molar-refractivity contribution in [3.05, 3.63) is 59.7 Å². The van der Waals surface area contributed by atoms with Crippen LogP contribution in [0.3, 0.4) is 0 Å². The van der Waals surface area contributed by atoms with Gasteiger partial charge in [0.15, 0.2) is 0 Å². The molecule has 182 valence electrons. The second-order valence-electron chi connectivity index (χ2n) is 9.20. The number of piperidine rings is 1. The fourth-order valence-corrected chi connectivity index (χ4v) is 4.38. The maximum atomic E-state index is 15.5. The van der Waals surface area contributed by atoms with Crippen molar-refractivity contribution < 1.29 is 8.78 Å². The molecular formula is C25H33F2N7. The SMILES string of the molecule is CNCCn1cc(-c2ccc(F)c(C)c2)nc1C1CCN(Nc2ncncc2C(C)C)CC1F. The van der Waals surface area contributed by atoms with E-state index in [9.17, 15) is 4.39 Å². The van der Waals surface area contributed by atoms with Gasteiger partial charge in [0.1, 0.15) is 30.0 Å². The molecule has 2 atom stereocenters. The first-order valence-corrected chi connectivity index (χ1v) is 11.8. The zero-order valence-corrected chi connectivity index (χ0v) is 20.2. The van der Waals surface area contributed by atoms with Crippen LogP contribution in [0.5, 0.6) is 0 Å². The van der Waals surface area contributed by atoms with E-state index in [2.05, 4.69) is 34.6 Å². The van der Waals surface area contributed by atoms with Gasteiger partial charge in [0.25, 0.3) is 0 Å². The molecule has 0 aliphatic carbocycles. The Labute approximate surface area is 199 Å². The Bertz CT molecular complexity index is 1110. The molecule has 1 aromatic carbocycles. The number of nitrogens with zero attached hydrogens (tertiary/aromatic N) is 5. The van der Waals surface area contributed by atoms with Crippen LogP contribution >= 0.6 is 0 Å². The fraction of sp³-hybridized carbons (Fsp3) is 0.480. The predicted molar refractivity (Wildman–Crippen MR) is 130 cm³/mol. The van der Waals surface area contributed by atoms with Gasteiger partial charge in [-0.05, 0) is 50.1 Å². The first kappa shape index (κ1) is 24.2. The van der Waals surface area contributed by atoms with Gasteiger partial charge in [0.05, 0.1) is 18.2 Å². The Morgan fingerprint density at radius 1 is 1.26 bits per heavy atom. The number of alkyl halides is 1. The summed E-state index contributed by atoms with van der Waals surface area (Å²) >= 11 is 0. The lowest BCUT2D eigenvalue weighted by molar-refractivity contribution is 0.132.